The Balaban J connectivity index is 2.19. The third-order valence-electron chi connectivity index (χ3n) is 3.81. The van der Waals surface area contributed by atoms with E-state index in [0.717, 1.165) is 16.5 Å². The van der Waals surface area contributed by atoms with Crippen LogP contribution < -0.4 is 4.90 Å². The summed E-state index contributed by atoms with van der Waals surface area (Å²) in [5.74, 6) is -3.66. The average Bonchev–Trinajstić information content (AvgIpc) is 2.93. The first-order valence-corrected chi connectivity index (χ1v) is 8.31. The molecule has 0 atom stereocenters. The van der Waals surface area contributed by atoms with Crippen LogP contribution in [-0.2, 0) is 19.1 Å². The van der Waals surface area contributed by atoms with Crippen molar-refractivity contribution in [3.63, 3.8) is 0 Å². The molecule has 0 saturated carbocycles. The fourth-order valence-corrected chi connectivity index (χ4v) is 2.86. The molecule has 0 unspecified atom stereocenters. The molecule has 7 heteroatoms. The van der Waals surface area contributed by atoms with Crippen molar-refractivity contribution >= 4 is 45.1 Å². The lowest BCUT2D eigenvalue weighted by Gasteiger charge is -2.18. The molecule has 2 aromatic rings. The van der Waals surface area contributed by atoms with Gasteiger partial charge in [-0.3, -0.25) is 19.3 Å². The Bertz CT molecular complexity index is 948. The van der Waals surface area contributed by atoms with E-state index in [-0.39, 0.29) is 16.9 Å². The number of esters is 1. The topological polar surface area (TPSA) is 80.8 Å². The van der Waals surface area contributed by atoms with Gasteiger partial charge < -0.3 is 4.74 Å². The summed E-state index contributed by atoms with van der Waals surface area (Å²) in [4.78, 5) is 51.1. The molecule has 0 aliphatic carbocycles. The smallest absolute Gasteiger partial charge is 0.356 e. The van der Waals surface area contributed by atoms with Crippen molar-refractivity contribution in [1.29, 1.82) is 0 Å². The first kappa shape index (κ1) is 17.8. The molecular formula is C19H12BrNO5. The van der Waals surface area contributed by atoms with E-state index in [2.05, 4.69) is 15.9 Å². The predicted molar refractivity (Wildman–Crippen MR) is 96.4 cm³/mol. The number of benzene rings is 2. The second kappa shape index (κ2) is 7.05. The van der Waals surface area contributed by atoms with E-state index >= 15 is 0 Å². The number of hydrogen-bond acceptors (Lipinski definition) is 5. The van der Waals surface area contributed by atoms with Crippen LogP contribution >= 0.6 is 15.9 Å². The minimum atomic E-state index is -1.04. The maximum absolute atomic E-state index is 12.8. The van der Waals surface area contributed by atoms with E-state index in [1.54, 1.807) is 42.5 Å². The van der Waals surface area contributed by atoms with Crippen LogP contribution in [0.2, 0.25) is 0 Å². The number of carbonyl (C=O) groups is 4. The number of amides is 1. The number of ether oxygens (including phenoxy) is 1. The molecule has 2 aromatic carbocycles. The van der Waals surface area contributed by atoms with Crippen molar-refractivity contribution in [2.75, 3.05) is 12.0 Å². The number of anilines is 1. The molecule has 6 nitrogen and oxygen atoms in total. The van der Waals surface area contributed by atoms with Crippen molar-refractivity contribution in [2.45, 2.75) is 0 Å². The van der Waals surface area contributed by atoms with Gasteiger partial charge in [0.15, 0.2) is 11.5 Å². The van der Waals surface area contributed by atoms with Gasteiger partial charge in [0, 0.05) is 15.7 Å². The Morgan fingerprint density at radius 1 is 0.962 bits per heavy atom. The zero-order valence-electron chi connectivity index (χ0n) is 13.6. The van der Waals surface area contributed by atoms with Gasteiger partial charge in [-0.15, -0.1) is 0 Å². The zero-order chi connectivity index (χ0) is 18.8. The molecule has 0 fully saturated rings. The van der Waals surface area contributed by atoms with Gasteiger partial charge in [0.2, 0.25) is 0 Å². The highest BCUT2D eigenvalue weighted by molar-refractivity contribution is 9.10. The first-order valence-electron chi connectivity index (χ1n) is 7.52. The van der Waals surface area contributed by atoms with Crippen LogP contribution in [0.15, 0.2) is 70.3 Å². The highest BCUT2D eigenvalue weighted by Crippen LogP contribution is 2.31. The number of carbonyl (C=O) groups excluding carboxylic acids is 4. The summed E-state index contributed by atoms with van der Waals surface area (Å²) in [7, 11) is 1.12. The van der Waals surface area contributed by atoms with Crippen molar-refractivity contribution < 1.29 is 23.9 Å². The summed E-state index contributed by atoms with van der Waals surface area (Å²) in [5, 5.41) is 0. The fraction of sp³-hybridized carbons (Fsp3) is 0.0526. The van der Waals surface area contributed by atoms with Gasteiger partial charge in [0.25, 0.3) is 5.78 Å². The van der Waals surface area contributed by atoms with Crippen LogP contribution in [-0.4, -0.2) is 30.6 Å². The highest BCUT2D eigenvalue weighted by Gasteiger charge is 2.46. The third kappa shape index (κ3) is 2.97. The molecule has 1 aliphatic rings. The molecule has 0 spiro atoms. The van der Waals surface area contributed by atoms with Gasteiger partial charge in [-0.05, 0) is 24.3 Å². The fourth-order valence-electron chi connectivity index (χ4n) is 2.60. The van der Waals surface area contributed by atoms with E-state index in [4.69, 9.17) is 4.74 Å². The minimum absolute atomic E-state index is 0.197. The Hall–Kier alpha value is -3.06. The number of ketones is 2. The number of halogens is 1. The molecule has 1 aliphatic heterocycles. The lowest BCUT2D eigenvalue weighted by Crippen LogP contribution is -2.31. The van der Waals surface area contributed by atoms with Crippen LogP contribution in [0.25, 0.3) is 0 Å². The van der Waals surface area contributed by atoms with Crippen LogP contribution in [0.3, 0.4) is 0 Å². The molecule has 0 bridgehead atoms. The number of hydrogen-bond donors (Lipinski definition) is 0. The lowest BCUT2D eigenvalue weighted by atomic mass is 10.00. The van der Waals surface area contributed by atoms with E-state index < -0.39 is 29.0 Å². The number of rotatable bonds is 4. The standard InChI is InChI=1S/C19H12BrNO5/c1-26-19(25)15-14(16(22)11-5-3-2-4-6-11)17(23)18(24)21(15)13-9-7-12(20)8-10-13/h2-10H,1H3. The summed E-state index contributed by atoms with van der Waals surface area (Å²) in [6.45, 7) is 0. The van der Waals surface area contributed by atoms with Crippen LogP contribution in [0, 0.1) is 0 Å². The molecule has 0 saturated heterocycles. The van der Waals surface area contributed by atoms with Crippen molar-refractivity contribution in [2.24, 2.45) is 0 Å². The van der Waals surface area contributed by atoms with Gasteiger partial charge in [-0.1, -0.05) is 46.3 Å². The van der Waals surface area contributed by atoms with Crippen molar-refractivity contribution in [1.82, 2.24) is 0 Å². The summed E-state index contributed by atoms with van der Waals surface area (Å²) >= 11 is 3.28. The summed E-state index contributed by atoms with van der Waals surface area (Å²) < 4.78 is 5.47. The summed E-state index contributed by atoms with van der Waals surface area (Å²) in [6.07, 6.45) is 0. The first-order chi connectivity index (χ1) is 12.5. The number of nitrogens with zero attached hydrogens (tertiary/aromatic N) is 1. The molecule has 1 heterocycles. The second-order valence-corrected chi connectivity index (χ2v) is 6.27. The van der Waals surface area contributed by atoms with Gasteiger partial charge >= 0.3 is 11.9 Å². The second-order valence-electron chi connectivity index (χ2n) is 5.36. The number of methoxy groups -OCH3 is 1. The third-order valence-corrected chi connectivity index (χ3v) is 4.34. The van der Waals surface area contributed by atoms with E-state index in [0.29, 0.717) is 0 Å². The Kier molecular flexibility index (Phi) is 4.81. The molecule has 130 valence electrons. The molecule has 26 heavy (non-hydrogen) atoms. The predicted octanol–water partition coefficient (Wildman–Crippen LogP) is 2.67. The number of Topliss-reactive ketones (excluding diaryl/α,β-unsaturated/α-hetero) is 2. The largest absolute Gasteiger partial charge is 0.464 e. The van der Waals surface area contributed by atoms with Gasteiger partial charge in [0.05, 0.1) is 7.11 Å². The summed E-state index contributed by atoms with van der Waals surface area (Å²) in [6, 6.07) is 14.4. The monoisotopic (exact) mass is 413 g/mol. The molecule has 0 radical (unpaired) electrons. The minimum Gasteiger partial charge on any atom is -0.464 e. The molecule has 3 rings (SSSR count). The van der Waals surface area contributed by atoms with E-state index in [9.17, 15) is 19.2 Å². The van der Waals surface area contributed by atoms with E-state index in [1.165, 1.54) is 12.1 Å². The van der Waals surface area contributed by atoms with Gasteiger partial charge in [-0.2, -0.15) is 0 Å². The van der Waals surface area contributed by atoms with Crippen molar-refractivity contribution in [3.05, 3.63) is 75.9 Å². The average molecular weight is 414 g/mol. The highest BCUT2D eigenvalue weighted by atomic mass is 79.9. The molecule has 1 amide bonds. The van der Waals surface area contributed by atoms with Crippen LogP contribution in [0.4, 0.5) is 5.69 Å². The molecular weight excluding hydrogens is 402 g/mol. The van der Waals surface area contributed by atoms with Gasteiger partial charge in [-0.25, -0.2) is 4.79 Å². The maximum atomic E-state index is 12.8. The van der Waals surface area contributed by atoms with Crippen molar-refractivity contribution in [3.8, 4) is 0 Å². The Labute approximate surface area is 157 Å². The lowest BCUT2D eigenvalue weighted by molar-refractivity contribution is -0.136. The normalized spacial score (nSPS) is 14.0. The zero-order valence-corrected chi connectivity index (χ0v) is 15.1. The van der Waals surface area contributed by atoms with Gasteiger partial charge in [0.1, 0.15) is 5.57 Å². The van der Waals surface area contributed by atoms with Crippen LogP contribution in [0.5, 0.6) is 0 Å². The quantitative estimate of drug-likeness (QED) is 0.333. The van der Waals surface area contributed by atoms with E-state index in [1.807, 2.05) is 0 Å². The molecule has 0 aromatic heterocycles. The molecule has 0 N–H and O–H groups in total. The van der Waals surface area contributed by atoms with Crippen LogP contribution in [0.1, 0.15) is 10.4 Å². The Morgan fingerprint density at radius 3 is 2.15 bits per heavy atom. The summed E-state index contributed by atoms with van der Waals surface area (Å²) in [5.41, 5.74) is -0.389. The SMILES string of the molecule is COC(=O)C1=C(C(=O)c2ccccc2)C(=O)C(=O)N1c1ccc(Br)cc1. The Morgan fingerprint density at radius 2 is 1.58 bits per heavy atom. The maximum Gasteiger partial charge on any atom is 0.356 e.